The van der Waals surface area contributed by atoms with E-state index >= 15 is 0 Å². The number of hydrogen-bond acceptors (Lipinski definition) is 3. The van der Waals surface area contributed by atoms with Crippen molar-refractivity contribution in [1.82, 2.24) is 5.32 Å². The lowest BCUT2D eigenvalue weighted by Crippen LogP contribution is -2.38. The summed E-state index contributed by atoms with van der Waals surface area (Å²) in [5.41, 5.74) is 0.619. The maximum Gasteiger partial charge on any atom is 0.251 e. The number of benzene rings is 1. The summed E-state index contributed by atoms with van der Waals surface area (Å²) < 4.78 is 5.50. The number of aliphatic hydroxyl groups excluding tert-OH is 1. The quantitative estimate of drug-likeness (QED) is 0.825. The third kappa shape index (κ3) is 3.96. The molecular formula is C15H21NO3. The van der Waals surface area contributed by atoms with Gasteiger partial charge in [-0.25, -0.2) is 0 Å². The Kier molecular flexibility index (Phi) is 4.80. The highest BCUT2D eigenvalue weighted by Gasteiger charge is 2.27. The van der Waals surface area contributed by atoms with Crippen molar-refractivity contribution < 1.29 is 14.6 Å². The van der Waals surface area contributed by atoms with Crippen LogP contribution in [0.25, 0.3) is 0 Å². The second-order valence-corrected chi connectivity index (χ2v) is 5.08. The third-order valence-corrected chi connectivity index (χ3v) is 3.33. The average Bonchev–Trinajstić information content (AvgIpc) is 2.40. The minimum atomic E-state index is -0.173. The number of nitrogens with one attached hydrogen (secondary N) is 1. The van der Waals surface area contributed by atoms with E-state index in [4.69, 9.17) is 4.74 Å². The highest BCUT2D eigenvalue weighted by Crippen LogP contribution is 2.26. The predicted molar refractivity (Wildman–Crippen MR) is 73.3 cm³/mol. The van der Waals surface area contributed by atoms with Crippen LogP contribution in [0.3, 0.4) is 0 Å². The SMILES string of the molecule is CCCOc1cccc(C(=O)NCC2CC(O)C2)c1. The van der Waals surface area contributed by atoms with Gasteiger partial charge in [-0.2, -0.15) is 0 Å². The van der Waals surface area contributed by atoms with Gasteiger partial charge in [0.15, 0.2) is 0 Å². The zero-order valence-corrected chi connectivity index (χ0v) is 11.3. The fourth-order valence-corrected chi connectivity index (χ4v) is 2.15. The Labute approximate surface area is 113 Å². The third-order valence-electron chi connectivity index (χ3n) is 3.33. The summed E-state index contributed by atoms with van der Waals surface area (Å²) in [5.74, 6) is 1.07. The first-order valence-electron chi connectivity index (χ1n) is 6.88. The smallest absolute Gasteiger partial charge is 0.251 e. The van der Waals surface area contributed by atoms with Crippen molar-refractivity contribution in [3.05, 3.63) is 29.8 Å². The minimum absolute atomic E-state index is 0.0802. The maximum atomic E-state index is 12.0. The number of carbonyl (C=O) groups excluding carboxylic acids is 1. The Balaban J connectivity index is 1.84. The lowest BCUT2D eigenvalue weighted by atomic mass is 9.82. The zero-order chi connectivity index (χ0) is 13.7. The van der Waals surface area contributed by atoms with Gasteiger partial charge in [0.25, 0.3) is 5.91 Å². The molecule has 4 heteroatoms. The molecule has 4 nitrogen and oxygen atoms in total. The van der Waals surface area contributed by atoms with E-state index in [0.29, 0.717) is 24.6 Å². The van der Waals surface area contributed by atoms with Gasteiger partial charge in [0.2, 0.25) is 0 Å². The van der Waals surface area contributed by atoms with Crippen LogP contribution in [0.15, 0.2) is 24.3 Å². The number of aliphatic hydroxyl groups is 1. The van der Waals surface area contributed by atoms with Crippen molar-refractivity contribution in [2.45, 2.75) is 32.3 Å². The number of hydrogen-bond donors (Lipinski definition) is 2. The van der Waals surface area contributed by atoms with Gasteiger partial charge in [-0.1, -0.05) is 13.0 Å². The van der Waals surface area contributed by atoms with Crippen LogP contribution in [0.2, 0.25) is 0 Å². The van der Waals surface area contributed by atoms with Gasteiger partial charge >= 0.3 is 0 Å². The molecule has 0 aromatic heterocycles. The molecule has 0 spiro atoms. The monoisotopic (exact) mass is 263 g/mol. The zero-order valence-electron chi connectivity index (χ0n) is 11.3. The van der Waals surface area contributed by atoms with Crippen LogP contribution in [-0.2, 0) is 0 Å². The fraction of sp³-hybridized carbons (Fsp3) is 0.533. The van der Waals surface area contributed by atoms with Crippen LogP contribution in [0, 0.1) is 5.92 Å². The van der Waals surface area contributed by atoms with E-state index in [1.165, 1.54) is 0 Å². The van der Waals surface area contributed by atoms with Crippen molar-refractivity contribution >= 4 is 5.91 Å². The molecule has 104 valence electrons. The van der Waals surface area contributed by atoms with Crippen molar-refractivity contribution in [2.24, 2.45) is 5.92 Å². The largest absolute Gasteiger partial charge is 0.494 e. The van der Waals surface area contributed by atoms with Gasteiger partial charge in [0.05, 0.1) is 12.7 Å². The second kappa shape index (κ2) is 6.57. The van der Waals surface area contributed by atoms with Crippen molar-refractivity contribution in [1.29, 1.82) is 0 Å². The van der Waals surface area contributed by atoms with Gasteiger partial charge in [-0.3, -0.25) is 4.79 Å². The molecule has 19 heavy (non-hydrogen) atoms. The Bertz CT molecular complexity index is 427. The summed E-state index contributed by atoms with van der Waals surface area (Å²) in [6.45, 7) is 3.34. The maximum absolute atomic E-state index is 12.0. The van der Waals surface area contributed by atoms with Crippen molar-refractivity contribution in [2.75, 3.05) is 13.2 Å². The summed E-state index contributed by atoms with van der Waals surface area (Å²) >= 11 is 0. The molecule has 0 unspecified atom stereocenters. The van der Waals surface area contributed by atoms with E-state index in [1.54, 1.807) is 12.1 Å². The van der Waals surface area contributed by atoms with Crippen LogP contribution in [0.1, 0.15) is 36.5 Å². The molecule has 1 fully saturated rings. The first kappa shape index (κ1) is 13.9. The van der Waals surface area contributed by atoms with E-state index in [-0.39, 0.29) is 12.0 Å². The van der Waals surface area contributed by atoms with Crippen LogP contribution in [-0.4, -0.2) is 30.3 Å². The van der Waals surface area contributed by atoms with E-state index in [2.05, 4.69) is 5.32 Å². The number of rotatable bonds is 6. The first-order chi connectivity index (χ1) is 9.19. The Morgan fingerprint density at radius 2 is 2.26 bits per heavy atom. The van der Waals surface area contributed by atoms with E-state index in [1.807, 2.05) is 19.1 Å². The molecule has 1 aromatic rings. The molecule has 2 N–H and O–H groups in total. The summed E-state index contributed by atoms with van der Waals surface area (Å²) in [6, 6.07) is 7.23. The van der Waals surface area contributed by atoms with Crippen LogP contribution < -0.4 is 10.1 Å². The van der Waals surface area contributed by atoms with E-state index < -0.39 is 0 Å². The van der Waals surface area contributed by atoms with Gasteiger partial charge in [-0.15, -0.1) is 0 Å². The molecule has 0 radical (unpaired) electrons. The van der Waals surface area contributed by atoms with Gasteiger partial charge in [0.1, 0.15) is 5.75 Å². The fourth-order valence-electron chi connectivity index (χ4n) is 2.15. The summed E-state index contributed by atoms with van der Waals surface area (Å²) in [6.07, 6.45) is 2.35. The lowest BCUT2D eigenvalue weighted by molar-refractivity contribution is 0.0420. The molecule has 2 rings (SSSR count). The van der Waals surface area contributed by atoms with Crippen molar-refractivity contribution in [3.8, 4) is 5.75 Å². The van der Waals surface area contributed by atoms with Crippen LogP contribution in [0.4, 0.5) is 0 Å². The number of ether oxygens (including phenoxy) is 1. The standard InChI is InChI=1S/C15H21NO3/c1-2-6-19-14-5-3-4-12(9-14)15(18)16-10-11-7-13(17)8-11/h3-5,9,11,13,17H,2,6-8,10H2,1H3,(H,16,18). The second-order valence-electron chi connectivity index (χ2n) is 5.08. The Morgan fingerprint density at radius 3 is 2.95 bits per heavy atom. The Hall–Kier alpha value is -1.55. The molecule has 0 heterocycles. The number of amides is 1. The molecule has 0 aliphatic heterocycles. The van der Waals surface area contributed by atoms with Gasteiger partial charge in [0, 0.05) is 12.1 Å². The lowest BCUT2D eigenvalue weighted by Gasteiger charge is -2.31. The highest BCUT2D eigenvalue weighted by atomic mass is 16.5. The predicted octanol–water partition coefficient (Wildman–Crippen LogP) is 1.98. The van der Waals surface area contributed by atoms with E-state index in [0.717, 1.165) is 25.0 Å². The highest BCUT2D eigenvalue weighted by molar-refractivity contribution is 5.94. The Morgan fingerprint density at radius 1 is 1.47 bits per heavy atom. The van der Waals surface area contributed by atoms with Crippen molar-refractivity contribution in [3.63, 3.8) is 0 Å². The molecule has 1 aliphatic rings. The normalized spacial score (nSPS) is 21.6. The molecule has 0 saturated heterocycles. The summed E-state index contributed by atoms with van der Waals surface area (Å²) in [4.78, 5) is 12.0. The van der Waals surface area contributed by atoms with Gasteiger partial charge < -0.3 is 15.2 Å². The number of carbonyl (C=O) groups is 1. The molecule has 1 aromatic carbocycles. The van der Waals surface area contributed by atoms with E-state index in [9.17, 15) is 9.90 Å². The molecule has 1 saturated carbocycles. The van der Waals surface area contributed by atoms with Crippen LogP contribution in [0.5, 0.6) is 5.75 Å². The molecule has 1 amide bonds. The van der Waals surface area contributed by atoms with Crippen LogP contribution >= 0.6 is 0 Å². The topological polar surface area (TPSA) is 58.6 Å². The van der Waals surface area contributed by atoms with Gasteiger partial charge in [-0.05, 0) is 43.4 Å². The summed E-state index contributed by atoms with van der Waals surface area (Å²) in [5, 5.41) is 12.1. The average molecular weight is 263 g/mol. The summed E-state index contributed by atoms with van der Waals surface area (Å²) in [7, 11) is 0. The first-order valence-corrected chi connectivity index (χ1v) is 6.88. The molecule has 0 atom stereocenters. The molecular weight excluding hydrogens is 242 g/mol. The minimum Gasteiger partial charge on any atom is -0.494 e. The molecule has 0 bridgehead atoms. The molecule has 1 aliphatic carbocycles.